The average Bonchev–Trinajstić information content (AvgIpc) is 2.41. The van der Waals surface area contributed by atoms with Gasteiger partial charge in [-0.3, -0.25) is 0 Å². The van der Waals surface area contributed by atoms with Crippen molar-refractivity contribution < 1.29 is 18.3 Å². The van der Waals surface area contributed by atoms with E-state index in [0.29, 0.717) is 0 Å². The molecule has 0 saturated carbocycles. The number of hydrogen-bond donors (Lipinski definition) is 1. The predicted molar refractivity (Wildman–Crippen MR) is 80.8 cm³/mol. The predicted octanol–water partition coefficient (Wildman–Crippen LogP) is 3.67. The molecule has 0 aliphatic heterocycles. The summed E-state index contributed by atoms with van der Waals surface area (Å²) in [5.74, 6) is -1.59. The first-order valence-electron chi connectivity index (χ1n) is 5.80. The Morgan fingerprint density at radius 1 is 1.05 bits per heavy atom. The molecule has 0 aromatic heterocycles. The maximum Gasteiger partial charge on any atom is 0.335 e. The Bertz CT molecular complexity index is 800. The van der Waals surface area contributed by atoms with E-state index in [1.54, 1.807) is 12.1 Å². The summed E-state index contributed by atoms with van der Waals surface area (Å²) in [6, 6.07) is 9.95. The Hall–Kier alpha value is -1.56. The Morgan fingerprint density at radius 3 is 2.33 bits per heavy atom. The minimum absolute atomic E-state index is 0.00269. The van der Waals surface area contributed by atoms with E-state index in [-0.39, 0.29) is 26.1 Å². The number of carboxylic acids is 1. The van der Waals surface area contributed by atoms with Gasteiger partial charge in [-0.15, -0.1) is 0 Å². The van der Waals surface area contributed by atoms with E-state index in [1.807, 2.05) is 0 Å². The molecule has 21 heavy (non-hydrogen) atoms. The second-order valence-electron chi connectivity index (χ2n) is 4.30. The van der Waals surface area contributed by atoms with Crippen LogP contribution in [-0.2, 0) is 15.6 Å². The smallest absolute Gasteiger partial charge is 0.335 e. The largest absolute Gasteiger partial charge is 0.478 e. The molecule has 0 spiro atoms. The highest BCUT2D eigenvalue weighted by Crippen LogP contribution is 2.27. The van der Waals surface area contributed by atoms with Crippen LogP contribution in [0.1, 0.15) is 15.9 Å². The molecule has 4 nitrogen and oxygen atoms in total. The van der Waals surface area contributed by atoms with Gasteiger partial charge >= 0.3 is 5.97 Å². The van der Waals surface area contributed by atoms with Crippen LogP contribution in [0.2, 0.25) is 10.0 Å². The molecule has 2 aromatic carbocycles. The maximum atomic E-state index is 12.3. The fraction of sp³-hybridized carbons (Fsp3) is 0.0714. The summed E-state index contributed by atoms with van der Waals surface area (Å²) in [7, 11) is -3.72. The van der Waals surface area contributed by atoms with E-state index >= 15 is 0 Å². The zero-order valence-electron chi connectivity index (χ0n) is 10.6. The molecule has 0 fully saturated rings. The van der Waals surface area contributed by atoms with Gasteiger partial charge in [0, 0.05) is 0 Å². The van der Waals surface area contributed by atoms with Gasteiger partial charge in [-0.1, -0.05) is 41.4 Å². The third-order valence-electron chi connectivity index (χ3n) is 2.84. The van der Waals surface area contributed by atoms with Gasteiger partial charge in [-0.25, -0.2) is 13.2 Å². The summed E-state index contributed by atoms with van der Waals surface area (Å²) < 4.78 is 24.7. The number of rotatable bonds is 4. The van der Waals surface area contributed by atoms with Gasteiger partial charge in [-0.05, 0) is 29.8 Å². The van der Waals surface area contributed by atoms with Crippen molar-refractivity contribution in [3.8, 4) is 0 Å². The summed E-state index contributed by atoms with van der Waals surface area (Å²) in [6.45, 7) is 0. The van der Waals surface area contributed by atoms with Gasteiger partial charge in [0.15, 0.2) is 9.84 Å². The quantitative estimate of drug-likeness (QED) is 0.918. The van der Waals surface area contributed by atoms with E-state index < -0.39 is 21.6 Å². The number of aromatic carboxylic acids is 1. The third kappa shape index (κ3) is 3.56. The number of sulfone groups is 1. The first-order valence-corrected chi connectivity index (χ1v) is 8.21. The lowest BCUT2D eigenvalue weighted by Crippen LogP contribution is -2.09. The second-order valence-corrected chi connectivity index (χ2v) is 7.10. The van der Waals surface area contributed by atoms with Crippen molar-refractivity contribution in [3.63, 3.8) is 0 Å². The van der Waals surface area contributed by atoms with Crippen molar-refractivity contribution in [2.24, 2.45) is 0 Å². The van der Waals surface area contributed by atoms with Crippen LogP contribution in [-0.4, -0.2) is 19.5 Å². The SMILES string of the molecule is O=C(O)c1ccccc1CS(=O)(=O)c1ccc(Cl)c(Cl)c1. The number of hydrogen-bond acceptors (Lipinski definition) is 3. The summed E-state index contributed by atoms with van der Waals surface area (Å²) in [5, 5.41) is 9.46. The first kappa shape index (κ1) is 15.8. The van der Waals surface area contributed by atoms with Crippen molar-refractivity contribution in [3.05, 3.63) is 63.6 Å². The molecule has 0 atom stereocenters. The van der Waals surface area contributed by atoms with Crippen molar-refractivity contribution >= 4 is 39.0 Å². The van der Waals surface area contributed by atoms with E-state index in [1.165, 1.54) is 30.3 Å². The zero-order chi connectivity index (χ0) is 15.6. The van der Waals surface area contributed by atoms with Crippen LogP contribution in [0.15, 0.2) is 47.4 Å². The van der Waals surface area contributed by atoms with E-state index in [2.05, 4.69) is 0 Å². The van der Waals surface area contributed by atoms with Gasteiger partial charge in [-0.2, -0.15) is 0 Å². The molecule has 1 N–H and O–H groups in total. The van der Waals surface area contributed by atoms with Crippen LogP contribution >= 0.6 is 23.2 Å². The molecule has 110 valence electrons. The lowest BCUT2D eigenvalue weighted by molar-refractivity contribution is 0.0696. The highest BCUT2D eigenvalue weighted by atomic mass is 35.5. The van der Waals surface area contributed by atoms with Crippen molar-refractivity contribution in [2.45, 2.75) is 10.6 Å². The zero-order valence-corrected chi connectivity index (χ0v) is 12.9. The topological polar surface area (TPSA) is 71.4 Å². The Balaban J connectivity index is 2.42. The standard InChI is InChI=1S/C14H10Cl2O4S/c15-12-6-5-10(7-13(12)16)21(19,20)8-9-3-1-2-4-11(9)14(17)18/h1-7H,8H2,(H,17,18). The minimum atomic E-state index is -3.72. The summed E-state index contributed by atoms with van der Waals surface area (Å²) in [6.07, 6.45) is 0. The van der Waals surface area contributed by atoms with Gasteiger partial charge in [0.05, 0.1) is 26.3 Å². The fourth-order valence-corrected chi connectivity index (χ4v) is 3.58. The highest BCUT2D eigenvalue weighted by molar-refractivity contribution is 7.90. The van der Waals surface area contributed by atoms with Gasteiger partial charge in [0.25, 0.3) is 0 Å². The average molecular weight is 345 g/mol. The molecule has 0 aliphatic carbocycles. The van der Waals surface area contributed by atoms with Crippen LogP contribution < -0.4 is 0 Å². The van der Waals surface area contributed by atoms with Crippen LogP contribution in [0.5, 0.6) is 0 Å². The molecular weight excluding hydrogens is 335 g/mol. The molecule has 2 aromatic rings. The molecule has 2 rings (SSSR count). The van der Waals surface area contributed by atoms with Crippen molar-refractivity contribution in [1.82, 2.24) is 0 Å². The number of benzene rings is 2. The number of carboxylic acid groups (broad SMARTS) is 1. The van der Waals surface area contributed by atoms with Crippen LogP contribution in [0.25, 0.3) is 0 Å². The number of carbonyl (C=O) groups is 1. The summed E-state index contributed by atoms with van der Waals surface area (Å²) >= 11 is 11.6. The van der Waals surface area contributed by atoms with Gasteiger partial charge < -0.3 is 5.11 Å². The summed E-state index contributed by atoms with van der Waals surface area (Å²) in [4.78, 5) is 11.1. The Morgan fingerprint density at radius 2 is 1.71 bits per heavy atom. The van der Waals surface area contributed by atoms with Crippen molar-refractivity contribution in [1.29, 1.82) is 0 Å². The van der Waals surface area contributed by atoms with Crippen LogP contribution in [0.3, 0.4) is 0 Å². The normalized spacial score (nSPS) is 11.3. The molecule has 0 heterocycles. The van der Waals surface area contributed by atoms with Gasteiger partial charge in [0.1, 0.15) is 0 Å². The van der Waals surface area contributed by atoms with Crippen LogP contribution in [0.4, 0.5) is 0 Å². The minimum Gasteiger partial charge on any atom is -0.478 e. The first-order chi connectivity index (χ1) is 9.81. The maximum absolute atomic E-state index is 12.3. The third-order valence-corrected chi connectivity index (χ3v) is 5.25. The fourth-order valence-electron chi connectivity index (χ4n) is 1.81. The monoisotopic (exact) mass is 344 g/mol. The highest BCUT2D eigenvalue weighted by Gasteiger charge is 2.20. The molecular formula is C14H10Cl2O4S. The molecule has 0 radical (unpaired) electrons. The Kier molecular flexibility index (Phi) is 4.56. The van der Waals surface area contributed by atoms with E-state index in [9.17, 15) is 13.2 Å². The van der Waals surface area contributed by atoms with Crippen molar-refractivity contribution in [2.75, 3.05) is 0 Å². The number of halogens is 2. The van der Waals surface area contributed by atoms with E-state index in [0.717, 1.165) is 0 Å². The molecule has 7 heteroatoms. The molecule has 0 bridgehead atoms. The summed E-state index contributed by atoms with van der Waals surface area (Å²) in [5.41, 5.74) is 0.178. The molecule has 0 saturated heterocycles. The van der Waals surface area contributed by atoms with E-state index in [4.69, 9.17) is 28.3 Å². The Labute approximate surface area is 131 Å². The lowest BCUT2D eigenvalue weighted by Gasteiger charge is -2.08. The second kappa shape index (κ2) is 6.05. The molecule has 0 unspecified atom stereocenters. The van der Waals surface area contributed by atoms with Gasteiger partial charge in [0.2, 0.25) is 0 Å². The molecule has 0 amide bonds. The molecule has 0 aliphatic rings. The lowest BCUT2D eigenvalue weighted by atomic mass is 10.1. The van der Waals surface area contributed by atoms with Crippen LogP contribution in [0, 0.1) is 0 Å².